The number of benzene rings is 1. The van der Waals surface area contributed by atoms with Crippen molar-refractivity contribution >= 4 is 21.4 Å². The first-order chi connectivity index (χ1) is 9.93. The zero-order chi connectivity index (χ0) is 15.5. The largest absolute Gasteiger partial charge is 0.482 e. The summed E-state index contributed by atoms with van der Waals surface area (Å²) in [6.45, 7) is 2.16. The van der Waals surface area contributed by atoms with E-state index in [-0.39, 0.29) is 30.1 Å². The molecule has 0 radical (unpaired) electrons. The van der Waals surface area contributed by atoms with E-state index in [1.807, 2.05) is 6.92 Å². The van der Waals surface area contributed by atoms with Crippen molar-refractivity contribution in [2.24, 2.45) is 0 Å². The lowest BCUT2D eigenvalue weighted by atomic mass is 10.2. The Labute approximate surface area is 124 Å². The van der Waals surface area contributed by atoms with Gasteiger partial charge in [0.25, 0.3) is 5.91 Å². The van der Waals surface area contributed by atoms with Crippen LogP contribution in [0.4, 0.5) is 5.69 Å². The number of carbonyl (C=O) groups is 1. The van der Waals surface area contributed by atoms with Crippen LogP contribution in [0.5, 0.6) is 5.75 Å². The van der Waals surface area contributed by atoms with Crippen LogP contribution in [0.2, 0.25) is 0 Å². The number of carbonyl (C=O) groups excluding carboxylic acids is 1. The van der Waals surface area contributed by atoms with E-state index >= 15 is 0 Å². The van der Waals surface area contributed by atoms with Crippen LogP contribution in [0.25, 0.3) is 0 Å². The van der Waals surface area contributed by atoms with E-state index in [0.717, 1.165) is 0 Å². The summed E-state index contributed by atoms with van der Waals surface area (Å²) in [7, 11) is -3.01. The Kier molecular flexibility index (Phi) is 4.72. The molecule has 0 saturated carbocycles. The van der Waals surface area contributed by atoms with Crippen LogP contribution in [0.15, 0.2) is 24.3 Å². The van der Waals surface area contributed by atoms with Crippen molar-refractivity contribution in [2.75, 3.05) is 30.4 Å². The van der Waals surface area contributed by atoms with Gasteiger partial charge in [0.2, 0.25) is 0 Å². The second-order valence-electron chi connectivity index (χ2n) is 5.06. The van der Waals surface area contributed by atoms with Gasteiger partial charge in [-0.2, -0.15) is 0 Å². The van der Waals surface area contributed by atoms with Crippen molar-refractivity contribution in [1.82, 2.24) is 4.90 Å². The molecular weight excluding hydrogens is 292 g/mol. The topological polar surface area (TPSA) is 89.7 Å². The fourth-order valence-electron chi connectivity index (χ4n) is 2.49. The number of likely N-dealkylation sites (N-methyl/N-ethyl adjacent to an activating group) is 1. The predicted molar refractivity (Wildman–Crippen MR) is 80.8 cm³/mol. The summed E-state index contributed by atoms with van der Waals surface area (Å²) >= 11 is 0. The zero-order valence-electron chi connectivity index (χ0n) is 12.0. The smallest absolute Gasteiger partial charge is 0.260 e. The van der Waals surface area contributed by atoms with Gasteiger partial charge >= 0.3 is 0 Å². The van der Waals surface area contributed by atoms with E-state index in [1.54, 1.807) is 29.2 Å². The Balaban J connectivity index is 1.97. The molecular formula is C14H20N2O4S. The van der Waals surface area contributed by atoms with E-state index in [1.165, 1.54) is 0 Å². The highest BCUT2D eigenvalue weighted by atomic mass is 32.2. The van der Waals surface area contributed by atoms with Gasteiger partial charge in [0.05, 0.1) is 17.2 Å². The van der Waals surface area contributed by atoms with Gasteiger partial charge < -0.3 is 15.4 Å². The number of amides is 1. The number of sulfone groups is 1. The number of ether oxygens (including phenoxy) is 1. The third-order valence-electron chi connectivity index (χ3n) is 3.58. The summed E-state index contributed by atoms with van der Waals surface area (Å²) in [4.78, 5) is 13.8. The standard InChI is InChI=1S/C14H20N2O4S/c1-2-16(11-7-8-21(18,19)10-11)14(17)9-20-13-6-4-3-5-12(13)15/h3-6,11H,2,7-10,15H2,1H3. The predicted octanol–water partition coefficient (Wildman–Crippen LogP) is 0.683. The third kappa shape index (κ3) is 3.87. The molecule has 0 spiro atoms. The molecule has 1 saturated heterocycles. The quantitative estimate of drug-likeness (QED) is 0.808. The lowest BCUT2D eigenvalue weighted by Gasteiger charge is -2.26. The van der Waals surface area contributed by atoms with E-state index in [4.69, 9.17) is 10.5 Å². The van der Waals surface area contributed by atoms with Crippen molar-refractivity contribution < 1.29 is 17.9 Å². The van der Waals surface area contributed by atoms with Crippen molar-refractivity contribution in [1.29, 1.82) is 0 Å². The number of nitrogens with two attached hydrogens (primary N) is 1. The molecule has 7 heteroatoms. The summed E-state index contributed by atoms with van der Waals surface area (Å²) < 4.78 is 28.5. The lowest BCUT2D eigenvalue weighted by Crippen LogP contribution is -2.43. The summed E-state index contributed by atoms with van der Waals surface area (Å²) in [5.74, 6) is 0.428. The molecule has 2 N–H and O–H groups in total. The molecule has 1 heterocycles. The van der Waals surface area contributed by atoms with Gasteiger partial charge in [0, 0.05) is 12.6 Å². The monoisotopic (exact) mass is 312 g/mol. The summed E-state index contributed by atoms with van der Waals surface area (Å²) in [6, 6.07) is 6.70. The first-order valence-electron chi connectivity index (χ1n) is 6.90. The third-order valence-corrected chi connectivity index (χ3v) is 5.33. The van der Waals surface area contributed by atoms with Crippen LogP contribution < -0.4 is 10.5 Å². The fourth-order valence-corrected chi connectivity index (χ4v) is 4.22. The molecule has 1 amide bonds. The Bertz CT molecular complexity index is 615. The maximum Gasteiger partial charge on any atom is 0.260 e. The van der Waals surface area contributed by atoms with Crippen LogP contribution in [0.3, 0.4) is 0 Å². The van der Waals surface area contributed by atoms with Gasteiger partial charge in [-0.25, -0.2) is 8.42 Å². The van der Waals surface area contributed by atoms with Crippen LogP contribution in [0, 0.1) is 0 Å². The molecule has 1 fully saturated rings. The first kappa shape index (κ1) is 15.6. The number of nitrogen functional groups attached to an aromatic ring is 1. The maximum atomic E-state index is 12.2. The molecule has 1 aromatic carbocycles. The van der Waals surface area contributed by atoms with Crippen LogP contribution in [0.1, 0.15) is 13.3 Å². The van der Waals surface area contributed by atoms with E-state index in [0.29, 0.717) is 24.4 Å². The Hall–Kier alpha value is -1.76. The minimum Gasteiger partial charge on any atom is -0.482 e. The highest BCUT2D eigenvalue weighted by molar-refractivity contribution is 7.91. The van der Waals surface area contributed by atoms with Gasteiger partial charge in [0.1, 0.15) is 5.75 Å². The number of hydrogen-bond acceptors (Lipinski definition) is 5. The SMILES string of the molecule is CCN(C(=O)COc1ccccc1N)C1CCS(=O)(=O)C1. The summed E-state index contributed by atoms with van der Waals surface area (Å²) in [5.41, 5.74) is 6.21. The van der Waals surface area contributed by atoms with Gasteiger partial charge in [-0.3, -0.25) is 4.79 Å². The van der Waals surface area contributed by atoms with Gasteiger partial charge in [-0.15, -0.1) is 0 Å². The zero-order valence-corrected chi connectivity index (χ0v) is 12.8. The Morgan fingerprint density at radius 1 is 1.43 bits per heavy atom. The Morgan fingerprint density at radius 3 is 2.71 bits per heavy atom. The van der Waals surface area contributed by atoms with Gasteiger partial charge in [-0.1, -0.05) is 12.1 Å². The Morgan fingerprint density at radius 2 is 2.14 bits per heavy atom. The van der Waals surface area contributed by atoms with Crippen LogP contribution in [-0.2, 0) is 14.6 Å². The van der Waals surface area contributed by atoms with Gasteiger partial charge in [0.15, 0.2) is 16.4 Å². The van der Waals surface area contributed by atoms with Gasteiger partial charge in [-0.05, 0) is 25.5 Å². The molecule has 1 aromatic rings. The van der Waals surface area contributed by atoms with E-state index in [9.17, 15) is 13.2 Å². The van der Waals surface area contributed by atoms with Crippen molar-refractivity contribution in [3.63, 3.8) is 0 Å². The normalized spacial score (nSPS) is 20.1. The van der Waals surface area contributed by atoms with Crippen LogP contribution >= 0.6 is 0 Å². The number of para-hydroxylation sites is 2. The highest BCUT2D eigenvalue weighted by Gasteiger charge is 2.33. The van der Waals surface area contributed by atoms with E-state index in [2.05, 4.69) is 0 Å². The molecule has 6 nitrogen and oxygen atoms in total. The summed E-state index contributed by atoms with van der Waals surface area (Å²) in [5, 5.41) is 0. The lowest BCUT2D eigenvalue weighted by molar-refractivity contribution is -0.135. The number of anilines is 1. The molecule has 0 aromatic heterocycles. The molecule has 116 valence electrons. The van der Waals surface area contributed by atoms with Crippen LogP contribution in [-0.4, -0.2) is 49.9 Å². The minimum atomic E-state index is -3.01. The fraction of sp³-hybridized carbons (Fsp3) is 0.500. The van der Waals surface area contributed by atoms with Crippen molar-refractivity contribution in [3.05, 3.63) is 24.3 Å². The first-order valence-corrected chi connectivity index (χ1v) is 8.72. The summed E-state index contributed by atoms with van der Waals surface area (Å²) in [6.07, 6.45) is 0.495. The maximum absolute atomic E-state index is 12.2. The molecule has 0 aliphatic carbocycles. The molecule has 1 atom stereocenters. The van der Waals surface area contributed by atoms with E-state index < -0.39 is 9.84 Å². The highest BCUT2D eigenvalue weighted by Crippen LogP contribution is 2.21. The molecule has 2 rings (SSSR count). The second-order valence-corrected chi connectivity index (χ2v) is 7.29. The molecule has 1 aliphatic heterocycles. The van der Waals surface area contributed by atoms with Crippen molar-refractivity contribution in [3.8, 4) is 5.75 Å². The average Bonchev–Trinajstić information content (AvgIpc) is 2.79. The minimum absolute atomic E-state index is 0.0417. The number of rotatable bonds is 5. The molecule has 1 unspecified atom stereocenters. The molecule has 0 bridgehead atoms. The number of hydrogen-bond donors (Lipinski definition) is 1. The molecule has 1 aliphatic rings. The average molecular weight is 312 g/mol. The second kappa shape index (κ2) is 6.34. The van der Waals surface area contributed by atoms with Crippen molar-refractivity contribution in [2.45, 2.75) is 19.4 Å². The number of nitrogens with zero attached hydrogens (tertiary/aromatic N) is 1. The molecule has 21 heavy (non-hydrogen) atoms.